The average molecular weight is 155 g/mol. The molecular formula is C9H17NO. The van der Waals surface area contributed by atoms with E-state index < -0.39 is 0 Å². The SMILES string of the molecule is CC1CN2C1CCOC2(C)C. The van der Waals surface area contributed by atoms with E-state index >= 15 is 0 Å². The van der Waals surface area contributed by atoms with E-state index in [1.165, 1.54) is 13.0 Å². The van der Waals surface area contributed by atoms with Crippen molar-refractivity contribution in [2.45, 2.75) is 39.0 Å². The molecule has 0 aromatic heterocycles. The fraction of sp³-hybridized carbons (Fsp3) is 1.00. The van der Waals surface area contributed by atoms with Crippen LogP contribution in [0.15, 0.2) is 0 Å². The Labute approximate surface area is 68.5 Å². The summed E-state index contributed by atoms with van der Waals surface area (Å²) in [6, 6.07) is 0.804. The molecule has 0 spiro atoms. The molecule has 0 bridgehead atoms. The first kappa shape index (κ1) is 7.56. The minimum atomic E-state index is 0.00935. The van der Waals surface area contributed by atoms with Crippen LogP contribution in [-0.2, 0) is 4.74 Å². The Balaban J connectivity index is 2.08. The number of hydrogen-bond donors (Lipinski definition) is 0. The van der Waals surface area contributed by atoms with Gasteiger partial charge in [0.05, 0.1) is 6.61 Å². The van der Waals surface area contributed by atoms with E-state index in [1.807, 2.05) is 0 Å². The summed E-state index contributed by atoms with van der Waals surface area (Å²) in [5, 5.41) is 0. The second-order valence-corrected chi connectivity index (χ2v) is 4.28. The Morgan fingerprint density at radius 2 is 2.18 bits per heavy atom. The second kappa shape index (κ2) is 2.20. The molecule has 0 aromatic rings. The lowest BCUT2D eigenvalue weighted by Gasteiger charge is -2.57. The van der Waals surface area contributed by atoms with Crippen LogP contribution in [0.4, 0.5) is 0 Å². The molecule has 2 nitrogen and oxygen atoms in total. The fourth-order valence-corrected chi connectivity index (χ4v) is 2.31. The van der Waals surface area contributed by atoms with Gasteiger partial charge in [-0.15, -0.1) is 0 Å². The second-order valence-electron chi connectivity index (χ2n) is 4.28. The van der Waals surface area contributed by atoms with Crippen LogP contribution in [0.2, 0.25) is 0 Å². The van der Waals surface area contributed by atoms with Crippen molar-refractivity contribution < 1.29 is 4.74 Å². The normalized spacial score (nSPS) is 42.8. The molecule has 0 amide bonds. The van der Waals surface area contributed by atoms with Gasteiger partial charge in [-0.2, -0.15) is 0 Å². The molecule has 2 fully saturated rings. The zero-order valence-corrected chi connectivity index (χ0v) is 7.63. The molecule has 2 aliphatic heterocycles. The number of fused-ring (bicyclic) bond motifs is 1. The van der Waals surface area contributed by atoms with Gasteiger partial charge in [0.1, 0.15) is 5.72 Å². The fourth-order valence-electron chi connectivity index (χ4n) is 2.31. The summed E-state index contributed by atoms with van der Waals surface area (Å²) in [6.07, 6.45) is 1.23. The number of ether oxygens (including phenoxy) is 1. The van der Waals surface area contributed by atoms with Crippen molar-refractivity contribution in [3.8, 4) is 0 Å². The van der Waals surface area contributed by atoms with E-state index in [2.05, 4.69) is 25.7 Å². The molecule has 2 saturated heterocycles. The Hall–Kier alpha value is -0.0800. The lowest BCUT2D eigenvalue weighted by Crippen LogP contribution is -2.67. The maximum absolute atomic E-state index is 5.67. The molecule has 2 atom stereocenters. The molecule has 0 aromatic carbocycles. The molecule has 0 saturated carbocycles. The maximum atomic E-state index is 5.67. The predicted octanol–water partition coefficient (Wildman–Crippen LogP) is 1.46. The van der Waals surface area contributed by atoms with Gasteiger partial charge >= 0.3 is 0 Å². The molecule has 0 radical (unpaired) electrons. The van der Waals surface area contributed by atoms with E-state index in [0.29, 0.717) is 0 Å². The summed E-state index contributed by atoms with van der Waals surface area (Å²) < 4.78 is 5.67. The van der Waals surface area contributed by atoms with Crippen LogP contribution in [0, 0.1) is 5.92 Å². The van der Waals surface area contributed by atoms with Crippen molar-refractivity contribution in [3.05, 3.63) is 0 Å². The Kier molecular flexibility index (Phi) is 1.52. The lowest BCUT2D eigenvalue weighted by atomic mass is 9.84. The standard InChI is InChI=1S/C9H17NO/c1-7-6-10-8(7)4-5-11-9(10,2)3/h7-8H,4-6H2,1-3H3. The molecule has 2 heteroatoms. The zero-order chi connectivity index (χ0) is 8.06. The van der Waals surface area contributed by atoms with Crippen LogP contribution in [0.1, 0.15) is 27.2 Å². The minimum Gasteiger partial charge on any atom is -0.361 e. The van der Waals surface area contributed by atoms with Gasteiger partial charge in [-0.25, -0.2) is 0 Å². The number of hydrogen-bond acceptors (Lipinski definition) is 2. The third kappa shape index (κ3) is 1.00. The van der Waals surface area contributed by atoms with E-state index in [9.17, 15) is 0 Å². The monoisotopic (exact) mass is 155 g/mol. The highest BCUT2D eigenvalue weighted by Crippen LogP contribution is 2.38. The number of nitrogens with zero attached hydrogens (tertiary/aromatic N) is 1. The summed E-state index contributed by atoms with van der Waals surface area (Å²) in [7, 11) is 0. The topological polar surface area (TPSA) is 12.5 Å². The third-order valence-electron chi connectivity index (χ3n) is 3.10. The van der Waals surface area contributed by atoms with Crippen molar-refractivity contribution >= 4 is 0 Å². The molecule has 0 N–H and O–H groups in total. The van der Waals surface area contributed by atoms with E-state index in [1.54, 1.807) is 0 Å². The van der Waals surface area contributed by atoms with Crippen molar-refractivity contribution in [2.75, 3.05) is 13.2 Å². The molecule has 0 aliphatic carbocycles. The molecule has 2 aliphatic rings. The van der Waals surface area contributed by atoms with Gasteiger partial charge in [-0.1, -0.05) is 6.92 Å². The van der Waals surface area contributed by atoms with Crippen LogP contribution in [0.25, 0.3) is 0 Å². The van der Waals surface area contributed by atoms with Gasteiger partial charge in [-0.3, -0.25) is 4.90 Å². The zero-order valence-electron chi connectivity index (χ0n) is 7.63. The summed E-state index contributed by atoms with van der Waals surface area (Å²) in [5.41, 5.74) is 0.00935. The van der Waals surface area contributed by atoms with Crippen LogP contribution >= 0.6 is 0 Å². The molecule has 2 rings (SSSR count). The maximum Gasteiger partial charge on any atom is 0.116 e. The summed E-state index contributed by atoms with van der Waals surface area (Å²) in [5.74, 6) is 0.887. The number of rotatable bonds is 0. The molecule has 2 unspecified atom stereocenters. The molecule has 11 heavy (non-hydrogen) atoms. The quantitative estimate of drug-likeness (QED) is 0.525. The van der Waals surface area contributed by atoms with E-state index in [-0.39, 0.29) is 5.72 Å². The van der Waals surface area contributed by atoms with Crippen molar-refractivity contribution in [2.24, 2.45) is 5.92 Å². The van der Waals surface area contributed by atoms with Gasteiger partial charge in [0, 0.05) is 12.6 Å². The summed E-state index contributed by atoms with van der Waals surface area (Å²) in [6.45, 7) is 8.84. The van der Waals surface area contributed by atoms with Crippen molar-refractivity contribution in [3.63, 3.8) is 0 Å². The molecule has 2 heterocycles. The van der Waals surface area contributed by atoms with Crippen LogP contribution in [-0.4, -0.2) is 29.8 Å². The van der Waals surface area contributed by atoms with Crippen molar-refractivity contribution in [1.29, 1.82) is 0 Å². The lowest BCUT2D eigenvalue weighted by molar-refractivity contribution is -0.236. The first-order valence-corrected chi connectivity index (χ1v) is 4.52. The average Bonchev–Trinajstić information content (AvgIpc) is 1.91. The highest BCUT2D eigenvalue weighted by atomic mass is 16.5. The third-order valence-corrected chi connectivity index (χ3v) is 3.10. The first-order valence-electron chi connectivity index (χ1n) is 4.52. The summed E-state index contributed by atoms with van der Waals surface area (Å²) >= 11 is 0. The first-order chi connectivity index (χ1) is 5.11. The van der Waals surface area contributed by atoms with E-state index in [0.717, 1.165) is 18.6 Å². The van der Waals surface area contributed by atoms with Crippen LogP contribution in [0.5, 0.6) is 0 Å². The van der Waals surface area contributed by atoms with Gasteiger partial charge < -0.3 is 4.74 Å². The summed E-state index contributed by atoms with van der Waals surface area (Å²) in [4.78, 5) is 2.47. The minimum absolute atomic E-state index is 0.00935. The molecular weight excluding hydrogens is 138 g/mol. The largest absolute Gasteiger partial charge is 0.361 e. The van der Waals surface area contributed by atoms with Crippen LogP contribution in [0.3, 0.4) is 0 Å². The highest BCUT2D eigenvalue weighted by Gasteiger charge is 2.46. The van der Waals surface area contributed by atoms with Gasteiger partial charge in [-0.05, 0) is 26.2 Å². The molecule has 64 valence electrons. The smallest absolute Gasteiger partial charge is 0.116 e. The van der Waals surface area contributed by atoms with Crippen LogP contribution < -0.4 is 0 Å². The van der Waals surface area contributed by atoms with Gasteiger partial charge in [0.25, 0.3) is 0 Å². The van der Waals surface area contributed by atoms with Gasteiger partial charge in [0.2, 0.25) is 0 Å². The Morgan fingerprint density at radius 3 is 2.73 bits per heavy atom. The Morgan fingerprint density at radius 1 is 1.45 bits per heavy atom. The predicted molar refractivity (Wildman–Crippen MR) is 44.3 cm³/mol. The van der Waals surface area contributed by atoms with Crippen molar-refractivity contribution in [1.82, 2.24) is 4.90 Å². The highest BCUT2D eigenvalue weighted by molar-refractivity contribution is 4.96. The van der Waals surface area contributed by atoms with Gasteiger partial charge in [0.15, 0.2) is 0 Å². The Bertz CT molecular complexity index is 167. The van der Waals surface area contributed by atoms with E-state index in [4.69, 9.17) is 4.74 Å².